The summed E-state index contributed by atoms with van der Waals surface area (Å²) in [6.07, 6.45) is 0. The molecule has 2 heteroatoms. The highest BCUT2D eigenvalue weighted by Crippen LogP contribution is 2.24. The highest BCUT2D eigenvalue weighted by molar-refractivity contribution is 6.09. The molecule has 0 aliphatic heterocycles. The molecule has 23 heavy (non-hydrogen) atoms. The second-order valence-corrected chi connectivity index (χ2v) is 5.43. The Morgan fingerprint density at radius 1 is 0.826 bits per heavy atom. The van der Waals surface area contributed by atoms with Crippen molar-refractivity contribution in [3.63, 3.8) is 0 Å². The molecule has 0 aliphatic rings. The van der Waals surface area contributed by atoms with Gasteiger partial charge in [0.1, 0.15) is 0 Å². The first-order chi connectivity index (χ1) is 11.2. The second kappa shape index (κ2) is 6.29. The summed E-state index contributed by atoms with van der Waals surface area (Å²) >= 11 is 0. The molecular weight excluding hydrogens is 282 g/mol. The van der Waals surface area contributed by atoms with E-state index in [4.69, 9.17) is 0 Å². The number of hydrogen-bond acceptors (Lipinski definition) is 2. The van der Waals surface area contributed by atoms with Crippen molar-refractivity contribution < 1.29 is 4.79 Å². The number of benzene rings is 3. The molecule has 110 valence electrons. The maximum Gasteiger partial charge on any atom is 0.193 e. The first kappa shape index (κ1) is 14.7. The SMILES string of the molecule is Cc1ccc(C(=O)c2ccc(-c3ccccc3C#N)cc2)cc1. The van der Waals surface area contributed by atoms with Crippen LogP contribution in [0.25, 0.3) is 11.1 Å². The van der Waals surface area contributed by atoms with Crippen LogP contribution in [0.5, 0.6) is 0 Å². The average Bonchev–Trinajstić information content (AvgIpc) is 2.62. The van der Waals surface area contributed by atoms with E-state index in [-0.39, 0.29) is 5.78 Å². The van der Waals surface area contributed by atoms with Crippen LogP contribution in [0.15, 0.2) is 72.8 Å². The fourth-order valence-electron chi connectivity index (χ4n) is 2.51. The molecule has 0 aliphatic carbocycles. The molecule has 2 nitrogen and oxygen atoms in total. The van der Waals surface area contributed by atoms with Gasteiger partial charge in [-0.05, 0) is 24.1 Å². The van der Waals surface area contributed by atoms with Gasteiger partial charge in [0.25, 0.3) is 0 Å². The van der Waals surface area contributed by atoms with Gasteiger partial charge in [-0.25, -0.2) is 0 Å². The van der Waals surface area contributed by atoms with Crippen LogP contribution >= 0.6 is 0 Å². The van der Waals surface area contributed by atoms with Crippen molar-refractivity contribution in [3.8, 4) is 17.2 Å². The van der Waals surface area contributed by atoms with Gasteiger partial charge in [0.2, 0.25) is 0 Å². The monoisotopic (exact) mass is 297 g/mol. The van der Waals surface area contributed by atoms with Gasteiger partial charge in [0.15, 0.2) is 5.78 Å². The van der Waals surface area contributed by atoms with Crippen LogP contribution in [-0.2, 0) is 0 Å². The molecule has 0 heterocycles. The molecule has 3 aromatic carbocycles. The molecule has 0 saturated carbocycles. The van der Waals surface area contributed by atoms with Crippen LogP contribution in [-0.4, -0.2) is 5.78 Å². The van der Waals surface area contributed by atoms with E-state index in [1.54, 1.807) is 6.07 Å². The maximum atomic E-state index is 12.5. The van der Waals surface area contributed by atoms with Crippen LogP contribution in [0.1, 0.15) is 27.0 Å². The lowest BCUT2D eigenvalue weighted by molar-refractivity contribution is 0.103. The highest BCUT2D eigenvalue weighted by atomic mass is 16.1. The Bertz CT molecular complexity index is 884. The molecule has 0 spiro atoms. The average molecular weight is 297 g/mol. The Hall–Kier alpha value is -3.18. The third-order valence-electron chi connectivity index (χ3n) is 3.82. The maximum absolute atomic E-state index is 12.5. The van der Waals surface area contributed by atoms with Gasteiger partial charge in [-0.3, -0.25) is 4.79 Å². The largest absolute Gasteiger partial charge is 0.289 e. The Kier molecular flexibility index (Phi) is 4.03. The van der Waals surface area contributed by atoms with Crippen molar-refractivity contribution in [1.29, 1.82) is 5.26 Å². The first-order valence-electron chi connectivity index (χ1n) is 7.40. The number of carbonyl (C=O) groups excluding carboxylic acids is 1. The van der Waals surface area contributed by atoms with Gasteiger partial charge >= 0.3 is 0 Å². The van der Waals surface area contributed by atoms with Gasteiger partial charge in [-0.2, -0.15) is 5.26 Å². The number of carbonyl (C=O) groups is 1. The number of nitrogens with zero attached hydrogens (tertiary/aromatic N) is 1. The number of ketones is 1. The molecule has 0 N–H and O–H groups in total. The minimum absolute atomic E-state index is 0.00474. The lowest BCUT2D eigenvalue weighted by atomic mass is 9.97. The van der Waals surface area contributed by atoms with E-state index >= 15 is 0 Å². The molecule has 0 fully saturated rings. The summed E-state index contributed by atoms with van der Waals surface area (Å²) in [6.45, 7) is 2.00. The van der Waals surface area contributed by atoms with E-state index < -0.39 is 0 Å². The van der Waals surface area contributed by atoms with Gasteiger partial charge in [-0.15, -0.1) is 0 Å². The lowest BCUT2D eigenvalue weighted by Gasteiger charge is -2.06. The lowest BCUT2D eigenvalue weighted by Crippen LogP contribution is -2.01. The molecule has 0 bridgehead atoms. The Labute approximate surface area is 135 Å². The first-order valence-corrected chi connectivity index (χ1v) is 7.40. The van der Waals surface area contributed by atoms with E-state index in [1.165, 1.54) is 0 Å². The van der Waals surface area contributed by atoms with Crippen molar-refractivity contribution in [2.24, 2.45) is 0 Å². The fraction of sp³-hybridized carbons (Fsp3) is 0.0476. The van der Waals surface area contributed by atoms with E-state index in [9.17, 15) is 10.1 Å². The molecule has 0 saturated heterocycles. The third kappa shape index (κ3) is 3.04. The van der Waals surface area contributed by atoms with Gasteiger partial charge in [0.05, 0.1) is 11.6 Å². The Morgan fingerprint density at radius 2 is 1.39 bits per heavy atom. The summed E-state index contributed by atoms with van der Waals surface area (Å²) in [6, 6.07) is 24.6. The summed E-state index contributed by atoms with van der Waals surface area (Å²) < 4.78 is 0. The molecule has 0 amide bonds. The topological polar surface area (TPSA) is 40.9 Å². The van der Waals surface area contributed by atoms with Crippen molar-refractivity contribution in [1.82, 2.24) is 0 Å². The summed E-state index contributed by atoms with van der Waals surface area (Å²) in [5.74, 6) is 0.00474. The third-order valence-corrected chi connectivity index (χ3v) is 3.82. The van der Waals surface area contributed by atoms with Crippen LogP contribution < -0.4 is 0 Å². The predicted octanol–water partition coefficient (Wildman–Crippen LogP) is 4.76. The molecule has 0 atom stereocenters. The molecule has 3 rings (SSSR count). The zero-order valence-corrected chi connectivity index (χ0v) is 12.8. The van der Waals surface area contributed by atoms with Gasteiger partial charge in [0, 0.05) is 11.1 Å². The van der Waals surface area contributed by atoms with E-state index in [0.29, 0.717) is 16.7 Å². The normalized spacial score (nSPS) is 10.1. The number of rotatable bonds is 3. The Morgan fingerprint density at radius 3 is 2.00 bits per heavy atom. The number of aryl methyl sites for hydroxylation is 1. The Balaban J connectivity index is 1.92. The zero-order valence-electron chi connectivity index (χ0n) is 12.8. The standard InChI is InChI=1S/C21H15NO/c1-15-6-8-17(9-7-15)21(23)18-12-10-16(11-13-18)20-5-3-2-4-19(20)14-22/h2-13H,1H3. The van der Waals surface area contributed by atoms with Crippen molar-refractivity contribution in [3.05, 3.63) is 95.1 Å². The summed E-state index contributed by atoms with van der Waals surface area (Å²) in [4.78, 5) is 12.5. The smallest absolute Gasteiger partial charge is 0.193 e. The number of hydrogen-bond donors (Lipinski definition) is 0. The van der Waals surface area contributed by atoms with Gasteiger partial charge < -0.3 is 0 Å². The number of nitriles is 1. The molecule has 0 aromatic heterocycles. The fourth-order valence-corrected chi connectivity index (χ4v) is 2.51. The second-order valence-electron chi connectivity index (χ2n) is 5.43. The molecule has 3 aromatic rings. The predicted molar refractivity (Wildman–Crippen MR) is 91.2 cm³/mol. The summed E-state index contributed by atoms with van der Waals surface area (Å²) in [5, 5.41) is 9.19. The zero-order chi connectivity index (χ0) is 16.2. The van der Waals surface area contributed by atoms with E-state index in [2.05, 4.69) is 6.07 Å². The quantitative estimate of drug-likeness (QED) is 0.654. The van der Waals surface area contributed by atoms with Crippen molar-refractivity contribution in [2.45, 2.75) is 6.92 Å². The van der Waals surface area contributed by atoms with Gasteiger partial charge in [-0.1, -0.05) is 72.3 Å². The molecule has 0 unspecified atom stereocenters. The molecular formula is C21H15NO. The van der Waals surface area contributed by atoms with Crippen molar-refractivity contribution >= 4 is 5.78 Å². The van der Waals surface area contributed by atoms with Crippen LogP contribution in [0.2, 0.25) is 0 Å². The highest BCUT2D eigenvalue weighted by Gasteiger charge is 2.10. The van der Waals surface area contributed by atoms with Crippen LogP contribution in [0, 0.1) is 18.3 Å². The summed E-state index contributed by atoms with van der Waals surface area (Å²) in [5.41, 5.74) is 4.90. The van der Waals surface area contributed by atoms with Crippen LogP contribution in [0.4, 0.5) is 0 Å². The summed E-state index contributed by atoms with van der Waals surface area (Å²) in [7, 11) is 0. The minimum atomic E-state index is 0.00474. The van der Waals surface area contributed by atoms with E-state index in [0.717, 1.165) is 16.7 Å². The minimum Gasteiger partial charge on any atom is -0.289 e. The molecule has 0 radical (unpaired) electrons. The van der Waals surface area contributed by atoms with E-state index in [1.807, 2.05) is 73.7 Å². The van der Waals surface area contributed by atoms with Crippen molar-refractivity contribution in [2.75, 3.05) is 0 Å². The van der Waals surface area contributed by atoms with Crippen LogP contribution in [0.3, 0.4) is 0 Å².